The third-order valence-electron chi connectivity index (χ3n) is 3.21. The summed E-state index contributed by atoms with van der Waals surface area (Å²) in [6, 6.07) is -0.273. The molecule has 3 heterocycles. The number of thiazole rings is 2. The lowest BCUT2D eigenvalue weighted by Gasteiger charge is -2.23. The summed E-state index contributed by atoms with van der Waals surface area (Å²) in [7, 11) is 1.82. The zero-order valence-electron chi connectivity index (χ0n) is 10.5. The zero-order valence-corrected chi connectivity index (χ0v) is 12.1. The van der Waals surface area contributed by atoms with E-state index in [1.807, 2.05) is 22.8 Å². The molecule has 0 spiro atoms. The Morgan fingerprint density at radius 3 is 3.11 bits per heavy atom. The quantitative estimate of drug-likeness (QED) is 0.931. The van der Waals surface area contributed by atoms with Gasteiger partial charge in [0, 0.05) is 24.5 Å². The molecule has 1 N–H and O–H groups in total. The number of fused-ring (bicyclic) bond motifs is 1. The molecule has 5 nitrogen and oxygen atoms in total. The highest BCUT2D eigenvalue weighted by Crippen LogP contribution is 2.28. The molecule has 0 saturated carbocycles. The number of likely N-dealkylation sites (N-methyl/N-ethyl adjacent to an activating group) is 1. The van der Waals surface area contributed by atoms with E-state index in [9.17, 15) is 4.79 Å². The fourth-order valence-electron chi connectivity index (χ4n) is 2.25. The molecule has 19 heavy (non-hydrogen) atoms. The number of carbonyl (C=O) groups is 1. The minimum atomic E-state index is -0.273. The minimum absolute atomic E-state index is 0.112. The van der Waals surface area contributed by atoms with Crippen molar-refractivity contribution >= 4 is 28.6 Å². The molecule has 2 aromatic heterocycles. The van der Waals surface area contributed by atoms with Gasteiger partial charge in [0.2, 0.25) is 5.91 Å². The van der Waals surface area contributed by atoms with E-state index in [1.165, 1.54) is 0 Å². The second-order valence-corrected chi connectivity index (χ2v) is 6.19. The lowest BCUT2D eigenvalue weighted by molar-refractivity contribution is -0.133. The van der Waals surface area contributed by atoms with Gasteiger partial charge in [-0.25, -0.2) is 9.97 Å². The molecule has 1 unspecified atom stereocenters. The molecule has 1 amide bonds. The number of amides is 1. The Labute approximate surface area is 119 Å². The Bertz CT molecular complexity index is 566. The van der Waals surface area contributed by atoms with Crippen LogP contribution in [0.1, 0.15) is 21.6 Å². The van der Waals surface area contributed by atoms with Gasteiger partial charge in [-0.1, -0.05) is 0 Å². The fraction of sp³-hybridized carbons (Fsp3) is 0.417. The van der Waals surface area contributed by atoms with Gasteiger partial charge in [-0.15, -0.1) is 22.7 Å². The van der Waals surface area contributed by atoms with Crippen molar-refractivity contribution in [3.63, 3.8) is 0 Å². The van der Waals surface area contributed by atoms with Crippen molar-refractivity contribution in [1.29, 1.82) is 0 Å². The maximum absolute atomic E-state index is 12.6. The Hall–Kier alpha value is -1.31. The minimum Gasteiger partial charge on any atom is -0.334 e. The van der Waals surface area contributed by atoms with Gasteiger partial charge < -0.3 is 10.2 Å². The van der Waals surface area contributed by atoms with Crippen molar-refractivity contribution in [3.8, 4) is 0 Å². The molecule has 100 valence electrons. The van der Waals surface area contributed by atoms with Crippen LogP contribution in [0.4, 0.5) is 0 Å². The maximum Gasteiger partial charge on any atom is 0.245 e. The predicted octanol–water partition coefficient (Wildman–Crippen LogP) is 1.44. The third kappa shape index (κ3) is 2.41. The SMILES string of the molecule is CNC1C(=O)N(Cc2nccs2)CCc2ncsc21. The summed E-state index contributed by atoms with van der Waals surface area (Å²) in [5.74, 6) is 0.112. The number of hydrogen-bond acceptors (Lipinski definition) is 6. The number of nitrogens with zero attached hydrogens (tertiary/aromatic N) is 3. The standard InChI is InChI=1S/C12H14N4OS2/c1-13-10-11-8(15-7-19-11)2-4-16(12(10)17)6-9-14-3-5-18-9/h3,5,7,10,13H,2,4,6H2,1H3. The summed E-state index contributed by atoms with van der Waals surface area (Å²) in [6.45, 7) is 1.29. The van der Waals surface area contributed by atoms with Crippen molar-refractivity contribution in [1.82, 2.24) is 20.2 Å². The van der Waals surface area contributed by atoms with Crippen molar-refractivity contribution in [2.45, 2.75) is 19.0 Å². The molecule has 1 aliphatic rings. The monoisotopic (exact) mass is 294 g/mol. The molecule has 0 radical (unpaired) electrons. The molecule has 0 bridgehead atoms. The van der Waals surface area contributed by atoms with Gasteiger partial charge in [-0.05, 0) is 7.05 Å². The lowest BCUT2D eigenvalue weighted by atomic mass is 10.2. The molecular formula is C12H14N4OS2. The average molecular weight is 294 g/mol. The van der Waals surface area contributed by atoms with E-state index in [0.717, 1.165) is 22.0 Å². The van der Waals surface area contributed by atoms with E-state index in [1.54, 1.807) is 28.9 Å². The van der Waals surface area contributed by atoms with E-state index < -0.39 is 0 Å². The molecular weight excluding hydrogens is 280 g/mol. The highest BCUT2D eigenvalue weighted by Gasteiger charge is 2.31. The molecule has 0 saturated heterocycles. The van der Waals surface area contributed by atoms with Crippen LogP contribution in [0.15, 0.2) is 17.1 Å². The van der Waals surface area contributed by atoms with Crippen LogP contribution < -0.4 is 5.32 Å². The number of nitrogens with one attached hydrogen (secondary N) is 1. The highest BCUT2D eigenvalue weighted by molar-refractivity contribution is 7.10. The first kappa shape index (κ1) is 12.7. The smallest absolute Gasteiger partial charge is 0.245 e. The van der Waals surface area contributed by atoms with Crippen molar-refractivity contribution in [2.24, 2.45) is 0 Å². The van der Waals surface area contributed by atoms with Crippen LogP contribution in [-0.2, 0) is 17.8 Å². The van der Waals surface area contributed by atoms with Gasteiger partial charge in [0.05, 0.1) is 22.6 Å². The summed E-state index contributed by atoms with van der Waals surface area (Å²) in [4.78, 5) is 24.1. The fourth-order valence-corrected chi connectivity index (χ4v) is 3.82. The van der Waals surface area contributed by atoms with Crippen LogP contribution in [0.5, 0.6) is 0 Å². The normalized spacial score (nSPS) is 19.3. The third-order valence-corrected chi connectivity index (χ3v) is 4.91. The molecule has 2 aromatic rings. The van der Waals surface area contributed by atoms with E-state index in [0.29, 0.717) is 13.1 Å². The van der Waals surface area contributed by atoms with E-state index in [2.05, 4.69) is 15.3 Å². The van der Waals surface area contributed by atoms with Crippen molar-refractivity contribution in [3.05, 3.63) is 32.7 Å². The molecule has 3 rings (SSSR count). The second-order valence-electron chi connectivity index (χ2n) is 4.32. The molecule has 1 aliphatic heterocycles. The Morgan fingerprint density at radius 2 is 2.37 bits per heavy atom. The van der Waals surface area contributed by atoms with Crippen LogP contribution in [0.2, 0.25) is 0 Å². The van der Waals surface area contributed by atoms with Crippen LogP contribution >= 0.6 is 22.7 Å². The molecule has 1 atom stereocenters. The van der Waals surface area contributed by atoms with Crippen LogP contribution in [-0.4, -0.2) is 34.4 Å². The summed E-state index contributed by atoms with van der Waals surface area (Å²) in [6.07, 6.45) is 2.59. The summed E-state index contributed by atoms with van der Waals surface area (Å²) < 4.78 is 0. The Morgan fingerprint density at radius 1 is 1.47 bits per heavy atom. The lowest BCUT2D eigenvalue weighted by Crippen LogP contribution is -2.38. The number of aromatic nitrogens is 2. The van der Waals surface area contributed by atoms with Crippen LogP contribution in [0.3, 0.4) is 0 Å². The van der Waals surface area contributed by atoms with Gasteiger partial charge in [0.15, 0.2) is 0 Å². The van der Waals surface area contributed by atoms with Crippen LogP contribution in [0.25, 0.3) is 0 Å². The number of hydrogen-bond donors (Lipinski definition) is 1. The van der Waals surface area contributed by atoms with Crippen molar-refractivity contribution < 1.29 is 4.79 Å². The highest BCUT2D eigenvalue weighted by atomic mass is 32.1. The number of carbonyl (C=O) groups excluding carboxylic acids is 1. The molecule has 0 aliphatic carbocycles. The molecule has 0 fully saturated rings. The summed E-state index contributed by atoms with van der Waals surface area (Å²) >= 11 is 3.13. The molecule has 7 heteroatoms. The van der Waals surface area contributed by atoms with Gasteiger partial charge >= 0.3 is 0 Å². The first-order valence-corrected chi connectivity index (χ1v) is 7.82. The maximum atomic E-state index is 12.6. The van der Waals surface area contributed by atoms with Crippen LogP contribution in [0, 0.1) is 0 Å². The topological polar surface area (TPSA) is 58.1 Å². The zero-order chi connectivity index (χ0) is 13.2. The van der Waals surface area contributed by atoms with E-state index >= 15 is 0 Å². The van der Waals surface area contributed by atoms with E-state index in [-0.39, 0.29) is 11.9 Å². The first-order valence-electron chi connectivity index (χ1n) is 6.06. The number of rotatable bonds is 3. The molecule has 0 aromatic carbocycles. The summed E-state index contributed by atoms with van der Waals surface area (Å²) in [5, 5.41) is 6.02. The van der Waals surface area contributed by atoms with Crippen molar-refractivity contribution in [2.75, 3.05) is 13.6 Å². The second kappa shape index (κ2) is 5.36. The largest absolute Gasteiger partial charge is 0.334 e. The van der Waals surface area contributed by atoms with Gasteiger partial charge in [-0.3, -0.25) is 4.79 Å². The first-order chi connectivity index (χ1) is 9.29. The van der Waals surface area contributed by atoms with Gasteiger partial charge in [0.25, 0.3) is 0 Å². The van der Waals surface area contributed by atoms with Gasteiger partial charge in [-0.2, -0.15) is 0 Å². The summed E-state index contributed by atoms with van der Waals surface area (Å²) in [5.41, 5.74) is 2.86. The predicted molar refractivity (Wildman–Crippen MR) is 75.1 cm³/mol. The Balaban J connectivity index is 1.85. The van der Waals surface area contributed by atoms with Gasteiger partial charge in [0.1, 0.15) is 11.0 Å². The Kier molecular flexibility index (Phi) is 3.58. The average Bonchev–Trinajstić information content (AvgIpc) is 3.04. The van der Waals surface area contributed by atoms with E-state index in [4.69, 9.17) is 0 Å².